The number of tetrazole rings is 1. The predicted octanol–water partition coefficient (Wildman–Crippen LogP) is 3.22. The summed E-state index contributed by atoms with van der Waals surface area (Å²) in [5.74, 6) is 0. The van der Waals surface area contributed by atoms with Crippen molar-refractivity contribution in [2.45, 2.75) is 25.5 Å². The van der Waals surface area contributed by atoms with Crippen LogP contribution in [0.2, 0.25) is 5.02 Å². The highest BCUT2D eigenvalue weighted by Gasteiger charge is 2.25. The molecule has 6 heteroatoms. The minimum atomic E-state index is -0.0586. The Morgan fingerprint density at radius 2 is 2.06 bits per heavy atom. The molecule has 1 heterocycles. The van der Waals surface area contributed by atoms with Gasteiger partial charge in [0.1, 0.15) is 6.33 Å². The summed E-state index contributed by atoms with van der Waals surface area (Å²) in [6.45, 7) is 6.34. The van der Waals surface area contributed by atoms with Crippen LogP contribution in [0.4, 0.5) is 0 Å². The van der Waals surface area contributed by atoms with Gasteiger partial charge in [0.25, 0.3) is 0 Å². The molecule has 0 spiro atoms. The summed E-state index contributed by atoms with van der Waals surface area (Å²) in [5.41, 5.74) is 3.20. The van der Waals surface area contributed by atoms with Gasteiger partial charge < -0.3 is 0 Å². The van der Waals surface area contributed by atoms with Gasteiger partial charge in [-0.3, -0.25) is 0 Å². The molecule has 0 N–H and O–H groups in total. The Morgan fingerprint density at radius 3 is 2.61 bits per heavy atom. The van der Waals surface area contributed by atoms with Gasteiger partial charge in [-0.05, 0) is 60.7 Å². The molecule has 96 valence electrons. The molecule has 2 rings (SSSR count). The fourth-order valence-electron chi connectivity index (χ4n) is 1.87. The molecule has 0 saturated carbocycles. The van der Waals surface area contributed by atoms with Crippen LogP contribution in [-0.4, -0.2) is 26.5 Å². The average molecular weight is 283 g/mol. The van der Waals surface area contributed by atoms with E-state index in [4.69, 9.17) is 11.6 Å². The fourth-order valence-corrected chi connectivity index (χ4v) is 2.52. The molecule has 0 fully saturated rings. The van der Waals surface area contributed by atoms with Crippen LogP contribution in [0.3, 0.4) is 0 Å². The van der Waals surface area contributed by atoms with Crippen molar-refractivity contribution >= 4 is 23.4 Å². The standard InChI is InChI=1S/C12H15ClN4S/c1-8-5-9(13)6-10(12(2,3)18-4)11(8)17-7-14-15-16-17/h5-7H,1-4H3. The third-order valence-electron chi connectivity index (χ3n) is 3.00. The first-order valence-corrected chi connectivity index (χ1v) is 7.15. The Labute approximate surface area is 116 Å². The molecule has 1 aromatic heterocycles. The third-order valence-corrected chi connectivity index (χ3v) is 4.46. The van der Waals surface area contributed by atoms with Crippen molar-refractivity contribution in [1.29, 1.82) is 0 Å². The van der Waals surface area contributed by atoms with E-state index in [1.807, 2.05) is 19.1 Å². The average Bonchev–Trinajstić information content (AvgIpc) is 2.81. The zero-order valence-corrected chi connectivity index (χ0v) is 12.4. The van der Waals surface area contributed by atoms with E-state index in [-0.39, 0.29) is 4.75 Å². The van der Waals surface area contributed by atoms with Gasteiger partial charge in [-0.2, -0.15) is 16.4 Å². The lowest BCUT2D eigenvalue weighted by Crippen LogP contribution is -2.16. The van der Waals surface area contributed by atoms with Crippen molar-refractivity contribution in [3.8, 4) is 5.69 Å². The molecular formula is C12H15ClN4S. The molecule has 0 bridgehead atoms. The highest BCUT2D eigenvalue weighted by atomic mass is 35.5. The van der Waals surface area contributed by atoms with Crippen LogP contribution in [0, 0.1) is 6.92 Å². The molecule has 0 saturated heterocycles. The quantitative estimate of drug-likeness (QED) is 0.867. The van der Waals surface area contributed by atoms with Gasteiger partial charge in [-0.15, -0.1) is 5.10 Å². The monoisotopic (exact) mass is 282 g/mol. The van der Waals surface area contributed by atoms with Crippen LogP contribution in [0.5, 0.6) is 0 Å². The molecule has 0 atom stereocenters. The largest absolute Gasteiger partial charge is 0.200 e. The smallest absolute Gasteiger partial charge is 0.143 e. The second-order valence-corrected chi connectivity index (χ2v) is 6.45. The van der Waals surface area contributed by atoms with Crippen molar-refractivity contribution in [3.63, 3.8) is 0 Å². The minimum absolute atomic E-state index is 0.0586. The Kier molecular flexibility index (Phi) is 3.64. The molecule has 0 radical (unpaired) electrons. The maximum absolute atomic E-state index is 6.18. The summed E-state index contributed by atoms with van der Waals surface area (Å²) >= 11 is 7.94. The van der Waals surface area contributed by atoms with Crippen LogP contribution >= 0.6 is 23.4 Å². The van der Waals surface area contributed by atoms with E-state index in [1.54, 1.807) is 22.8 Å². The van der Waals surface area contributed by atoms with Crippen LogP contribution in [0.1, 0.15) is 25.0 Å². The topological polar surface area (TPSA) is 43.6 Å². The summed E-state index contributed by atoms with van der Waals surface area (Å²) < 4.78 is 1.63. The van der Waals surface area contributed by atoms with Crippen LogP contribution in [-0.2, 0) is 4.75 Å². The van der Waals surface area contributed by atoms with Gasteiger partial charge in [-0.1, -0.05) is 11.6 Å². The summed E-state index contributed by atoms with van der Waals surface area (Å²) in [6.07, 6.45) is 3.69. The molecular weight excluding hydrogens is 268 g/mol. The highest BCUT2D eigenvalue weighted by molar-refractivity contribution is 7.99. The SMILES string of the molecule is CSC(C)(C)c1cc(Cl)cc(C)c1-n1cnnn1. The van der Waals surface area contributed by atoms with Gasteiger partial charge in [0.05, 0.1) is 5.69 Å². The van der Waals surface area contributed by atoms with Gasteiger partial charge in [0.15, 0.2) is 0 Å². The lowest BCUT2D eigenvalue weighted by molar-refractivity contribution is 0.732. The Balaban J connectivity index is 2.71. The number of aryl methyl sites for hydroxylation is 1. The number of thioether (sulfide) groups is 1. The van der Waals surface area contributed by atoms with Gasteiger partial charge in [0.2, 0.25) is 0 Å². The number of hydrogen-bond donors (Lipinski definition) is 0. The fraction of sp³-hybridized carbons (Fsp3) is 0.417. The summed E-state index contributed by atoms with van der Waals surface area (Å²) in [4.78, 5) is 0. The number of hydrogen-bond acceptors (Lipinski definition) is 4. The lowest BCUT2D eigenvalue weighted by atomic mass is 9.97. The maximum atomic E-state index is 6.18. The molecule has 0 unspecified atom stereocenters. The first kappa shape index (κ1) is 13.4. The maximum Gasteiger partial charge on any atom is 0.143 e. The summed E-state index contributed by atoms with van der Waals surface area (Å²) in [5, 5.41) is 12.1. The van der Waals surface area contributed by atoms with Crippen molar-refractivity contribution in [2.24, 2.45) is 0 Å². The van der Waals surface area contributed by atoms with Gasteiger partial charge >= 0.3 is 0 Å². The van der Waals surface area contributed by atoms with Crippen LogP contribution in [0.25, 0.3) is 5.69 Å². The second kappa shape index (κ2) is 4.90. The molecule has 18 heavy (non-hydrogen) atoms. The number of aromatic nitrogens is 4. The van der Waals surface area contributed by atoms with Crippen molar-refractivity contribution < 1.29 is 0 Å². The number of nitrogens with zero attached hydrogens (tertiary/aromatic N) is 4. The van der Waals surface area contributed by atoms with Gasteiger partial charge in [-0.25, -0.2) is 0 Å². The van der Waals surface area contributed by atoms with E-state index in [9.17, 15) is 0 Å². The third kappa shape index (κ3) is 2.37. The minimum Gasteiger partial charge on any atom is -0.200 e. The molecule has 0 aliphatic rings. The highest BCUT2D eigenvalue weighted by Crippen LogP contribution is 2.39. The molecule has 0 aliphatic carbocycles. The van der Waals surface area contributed by atoms with Gasteiger partial charge in [0, 0.05) is 9.77 Å². The summed E-state index contributed by atoms with van der Waals surface area (Å²) in [7, 11) is 0. The molecule has 4 nitrogen and oxygen atoms in total. The van der Waals surface area contributed by atoms with E-state index >= 15 is 0 Å². The van der Waals surface area contributed by atoms with Crippen LogP contribution in [0.15, 0.2) is 18.5 Å². The first-order valence-electron chi connectivity index (χ1n) is 5.55. The Hall–Kier alpha value is -1.07. The van der Waals surface area contributed by atoms with E-state index in [0.29, 0.717) is 0 Å². The molecule has 0 aliphatic heterocycles. The Morgan fingerprint density at radius 1 is 1.33 bits per heavy atom. The zero-order chi connectivity index (χ0) is 13.3. The van der Waals surface area contributed by atoms with Crippen LogP contribution < -0.4 is 0 Å². The molecule has 1 aromatic carbocycles. The first-order chi connectivity index (χ1) is 8.45. The van der Waals surface area contributed by atoms with E-state index in [0.717, 1.165) is 21.8 Å². The van der Waals surface area contributed by atoms with Crippen molar-refractivity contribution in [1.82, 2.24) is 20.2 Å². The lowest BCUT2D eigenvalue weighted by Gasteiger charge is -2.26. The predicted molar refractivity (Wildman–Crippen MR) is 75.4 cm³/mol. The van der Waals surface area contributed by atoms with E-state index in [1.165, 1.54) is 0 Å². The van der Waals surface area contributed by atoms with E-state index in [2.05, 4.69) is 35.6 Å². The number of benzene rings is 1. The normalized spacial score (nSPS) is 11.8. The van der Waals surface area contributed by atoms with E-state index < -0.39 is 0 Å². The zero-order valence-electron chi connectivity index (χ0n) is 10.8. The summed E-state index contributed by atoms with van der Waals surface area (Å²) in [6, 6.07) is 3.92. The number of halogens is 1. The van der Waals surface area contributed by atoms with Crippen molar-refractivity contribution in [2.75, 3.05) is 6.26 Å². The Bertz CT molecular complexity index is 551. The van der Waals surface area contributed by atoms with Crippen molar-refractivity contribution in [3.05, 3.63) is 34.6 Å². The second-order valence-electron chi connectivity index (χ2n) is 4.59. The number of rotatable bonds is 3. The molecule has 0 amide bonds. The molecule has 2 aromatic rings.